The minimum absolute atomic E-state index is 0.172. The number of primary amides is 1. The van der Waals surface area contributed by atoms with E-state index in [2.05, 4.69) is 11.4 Å². The molecule has 7 heteroatoms. The number of amides is 3. The fraction of sp³-hybridized carbons (Fsp3) is 0.438. The van der Waals surface area contributed by atoms with E-state index in [1.165, 1.54) is 4.90 Å². The van der Waals surface area contributed by atoms with E-state index in [1.54, 1.807) is 12.1 Å². The number of rotatable bonds is 4. The molecule has 0 atom stereocenters. The van der Waals surface area contributed by atoms with E-state index in [9.17, 15) is 14.9 Å². The van der Waals surface area contributed by atoms with Gasteiger partial charge in [0, 0.05) is 37.4 Å². The van der Waals surface area contributed by atoms with E-state index in [4.69, 9.17) is 17.3 Å². The molecule has 1 aromatic carbocycles. The van der Waals surface area contributed by atoms with Gasteiger partial charge in [0.2, 0.25) is 5.91 Å². The number of piperidine rings is 1. The van der Waals surface area contributed by atoms with E-state index in [1.807, 2.05) is 12.1 Å². The fourth-order valence-electron chi connectivity index (χ4n) is 2.61. The van der Waals surface area contributed by atoms with Gasteiger partial charge in [-0.1, -0.05) is 23.7 Å². The normalized spacial score (nSPS) is 16.4. The SMILES string of the molecule is N#CC1(NC(=O)CCc2ccc(Cl)cc2)CCN(C(N)=O)CC1. The van der Waals surface area contributed by atoms with Crippen molar-refractivity contribution in [2.45, 2.75) is 31.2 Å². The summed E-state index contributed by atoms with van der Waals surface area (Å²) in [5.74, 6) is -0.172. The third kappa shape index (κ3) is 4.60. The average molecular weight is 335 g/mol. The second-order valence-electron chi connectivity index (χ2n) is 5.69. The topological polar surface area (TPSA) is 99.2 Å². The number of nitrogens with zero attached hydrogens (tertiary/aromatic N) is 2. The van der Waals surface area contributed by atoms with Gasteiger partial charge < -0.3 is 16.0 Å². The van der Waals surface area contributed by atoms with Crippen molar-refractivity contribution in [3.63, 3.8) is 0 Å². The molecule has 0 radical (unpaired) electrons. The summed E-state index contributed by atoms with van der Waals surface area (Å²) in [7, 11) is 0. The maximum absolute atomic E-state index is 12.1. The van der Waals surface area contributed by atoms with Crippen molar-refractivity contribution >= 4 is 23.5 Å². The van der Waals surface area contributed by atoms with Crippen molar-refractivity contribution in [1.82, 2.24) is 10.2 Å². The minimum atomic E-state index is -0.914. The van der Waals surface area contributed by atoms with Crippen LogP contribution in [0.1, 0.15) is 24.8 Å². The monoisotopic (exact) mass is 334 g/mol. The summed E-state index contributed by atoms with van der Waals surface area (Å²) >= 11 is 5.82. The smallest absolute Gasteiger partial charge is 0.314 e. The van der Waals surface area contributed by atoms with Gasteiger partial charge in [-0.05, 0) is 24.1 Å². The first-order valence-electron chi connectivity index (χ1n) is 7.45. The molecule has 23 heavy (non-hydrogen) atoms. The molecule has 1 saturated heterocycles. The maximum atomic E-state index is 12.1. The Morgan fingerprint density at radius 2 is 1.91 bits per heavy atom. The molecule has 0 aliphatic carbocycles. The van der Waals surface area contributed by atoms with Gasteiger partial charge in [-0.2, -0.15) is 5.26 Å². The quantitative estimate of drug-likeness (QED) is 0.878. The van der Waals surface area contributed by atoms with Crippen LogP contribution in [0.25, 0.3) is 0 Å². The molecule has 0 spiro atoms. The molecule has 0 unspecified atom stereocenters. The van der Waals surface area contributed by atoms with Crippen molar-refractivity contribution in [1.29, 1.82) is 5.26 Å². The molecule has 3 amide bonds. The lowest BCUT2D eigenvalue weighted by atomic mass is 9.88. The number of hydrogen-bond donors (Lipinski definition) is 2. The van der Waals surface area contributed by atoms with Crippen LogP contribution in [0.3, 0.4) is 0 Å². The van der Waals surface area contributed by atoms with Crippen LogP contribution in [-0.4, -0.2) is 35.5 Å². The largest absolute Gasteiger partial charge is 0.351 e. The number of urea groups is 1. The van der Waals surface area contributed by atoms with E-state index < -0.39 is 11.6 Å². The molecule has 122 valence electrons. The Morgan fingerprint density at radius 1 is 1.30 bits per heavy atom. The molecule has 0 bridgehead atoms. The number of halogens is 1. The van der Waals surface area contributed by atoms with Crippen LogP contribution in [0.4, 0.5) is 4.79 Å². The third-order valence-electron chi connectivity index (χ3n) is 4.08. The van der Waals surface area contributed by atoms with E-state index >= 15 is 0 Å². The van der Waals surface area contributed by atoms with Gasteiger partial charge in [-0.3, -0.25) is 4.79 Å². The highest BCUT2D eigenvalue weighted by molar-refractivity contribution is 6.30. The molecule has 1 aromatic rings. The predicted molar refractivity (Wildman–Crippen MR) is 86.7 cm³/mol. The van der Waals surface area contributed by atoms with Crippen LogP contribution >= 0.6 is 11.6 Å². The number of benzene rings is 1. The molecule has 0 aromatic heterocycles. The molecule has 0 saturated carbocycles. The van der Waals surface area contributed by atoms with Crippen LogP contribution < -0.4 is 11.1 Å². The lowest BCUT2D eigenvalue weighted by Gasteiger charge is -2.37. The van der Waals surface area contributed by atoms with E-state index in [0.717, 1.165) is 5.56 Å². The molecule has 1 fully saturated rings. The molecule has 3 N–H and O–H groups in total. The molecule has 1 aliphatic rings. The Labute approximate surface area is 140 Å². The number of nitrogens with two attached hydrogens (primary N) is 1. The Hall–Kier alpha value is -2.26. The molecule has 1 aliphatic heterocycles. The molecular formula is C16H19ClN4O2. The van der Waals surface area contributed by atoms with Crippen molar-refractivity contribution in [3.8, 4) is 6.07 Å². The fourth-order valence-corrected chi connectivity index (χ4v) is 2.74. The first-order valence-corrected chi connectivity index (χ1v) is 7.83. The highest BCUT2D eigenvalue weighted by Gasteiger charge is 2.36. The van der Waals surface area contributed by atoms with Gasteiger partial charge in [-0.15, -0.1) is 0 Å². The molecule has 1 heterocycles. The number of likely N-dealkylation sites (tertiary alicyclic amines) is 1. The Bertz CT molecular complexity index is 616. The van der Waals surface area contributed by atoms with Crippen LogP contribution in [0.15, 0.2) is 24.3 Å². The van der Waals surface area contributed by atoms with Crippen molar-refractivity contribution in [2.75, 3.05) is 13.1 Å². The number of carbonyl (C=O) groups excluding carboxylic acids is 2. The number of nitriles is 1. The summed E-state index contributed by atoms with van der Waals surface area (Å²) in [6.07, 6.45) is 1.65. The number of carbonyl (C=O) groups is 2. The van der Waals surface area contributed by atoms with E-state index in [-0.39, 0.29) is 5.91 Å². The summed E-state index contributed by atoms with van der Waals surface area (Å²) < 4.78 is 0. The van der Waals surface area contributed by atoms with Gasteiger partial charge in [-0.25, -0.2) is 4.79 Å². The minimum Gasteiger partial charge on any atom is -0.351 e. The highest BCUT2D eigenvalue weighted by atomic mass is 35.5. The molecule has 2 rings (SSSR count). The zero-order chi connectivity index (χ0) is 16.9. The second kappa shape index (κ2) is 7.34. The first kappa shape index (κ1) is 17.1. The van der Waals surface area contributed by atoms with Crippen molar-refractivity contribution in [3.05, 3.63) is 34.9 Å². The van der Waals surface area contributed by atoms with Crippen LogP contribution in [0.2, 0.25) is 5.02 Å². The summed E-state index contributed by atoms with van der Waals surface area (Å²) in [5, 5.41) is 12.9. The number of hydrogen-bond acceptors (Lipinski definition) is 3. The molecule has 6 nitrogen and oxygen atoms in total. The standard InChI is InChI=1S/C16H19ClN4O2/c17-13-4-1-12(2-5-13)3-6-14(22)20-16(11-18)7-9-21(10-8-16)15(19)23/h1-2,4-5H,3,6-10H2,(H2,19,23)(H,20,22). The maximum Gasteiger partial charge on any atom is 0.314 e. The van der Waals surface area contributed by atoms with Gasteiger partial charge >= 0.3 is 6.03 Å². The Kier molecular flexibility index (Phi) is 5.45. The Morgan fingerprint density at radius 3 is 2.43 bits per heavy atom. The predicted octanol–water partition coefficient (Wildman–Crippen LogP) is 1.83. The summed E-state index contributed by atoms with van der Waals surface area (Å²) in [6.45, 7) is 0.751. The van der Waals surface area contributed by atoms with Gasteiger partial charge in [0.05, 0.1) is 6.07 Å². The number of nitrogens with one attached hydrogen (secondary N) is 1. The van der Waals surface area contributed by atoms with Crippen LogP contribution in [0, 0.1) is 11.3 Å². The summed E-state index contributed by atoms with van der Waals surface area (Å²) in [4.78, 5) is 24.7. The lowest BCUT2D eigenvalue weighted by Crippen LogP contribution is -2.56. The number of aryl methyl sites for hydroxylation is 1. The zero-order valence-corrected chi connectivity index (χ0v) is 13.5. The van der Waals surface area contributed by atoms with Gasteiger partial charge in [0.15, 0.2) is 0 Å². The molecular weight excluding hydrogens is 316 g/mol. The van der Waals surface area contributed by atoms with Gasteiger partial charge in [0.25, 0.3) is 0 Å². The third-order valence-corrected chi connectivity index (χ3v) is 4.33. The van der Waals surface area contributed by atoms with Crippen molar-refractivity contribution in [2.24, 2.45) is 5.73 Å². The van der Waals surface area contributed by atoms with Crippen molar-refractivity contribution < 1.29 is 9.59 Å². The summed E-state index contributed by atoms with van der Waals surface area (Å²) in [6, 6.07) is 9.01. The first-order chi connectivity index (χ1) is 10.9. The second-order valence-corrected chi connectivity index (χ2v) is 6.13. The zero-order valence-electron chi connectivity index (χ0n) is 12.7. The van der Waals surface area contributed by atoms with Crippen LogP contribution in [-0.2, 0) is 11.2 Å². The highest BCUT2D eigenvalue weighted by Crippen LogP contribution is 2.22. The van der Waals surface area contributed by atoms with E-state index in [0.29, 0.717) is 43.8 Å². The Balaban J connectivity index is 1.87. The lowest BCUT2D eigenvalue weighted by molar-refractivity contribution is -0.122. The van der Waals surface area contributed by atoms with Gasteiger partial charge in [0.1, 0.15) is 5.54 Å². The summed E-state index contributed by atoms with van der Waals surface area (Å²) in [5.41, 5.74) is 5.33. The van der Waals surface area contributed by atoms with Crippen LogP contribution in [0.5, 0.6) is 0 Å². The average Bonchev–Trinajstić information content (AvgIpc) is 2.55.